The van der Waals surface area contributed by atoms with E-state index in [1.807, 2.05) is 56.3 Å². The summed E-state index contributed by atoms with van der Waals surface area (Å²) in [7, 11) is 0. The molecule has 0 amide bonds. The predicted molar refractivity (Wildman–Crippen MR) is 144 cm³/mol. The van der Waals surface area contributed by atoms with Crippen LogP contribution in [-0.4, -0.2) is 35.3 Å². The van der Waals surface area contributed by atoms with E-state index in [9.17, 15) is 9.59 Å². The van der Waals surface area contributed by atoms with Crippen molar-refractivity contribution in [2.24, 2.45) is 0 Å². The number of rotatable bonds is 9. The summed E-state index contributed by atoms with van der Waals surface area (Å²) in [5.74, 6) is -0.255. The molecule has 1 aliphatic heterocycles. The molecule has 1 atom stereocenters. The van der Waals surface area contributed by atoms with Gasteiger partial charge in [-0.05, 0) is 49.1 Å². The number of nitrogens with zero attached hydrogens (tertiary/aromatic N) is 2. The first-order chi connectivity index (χ1) is 18.0. The Morgan fingerprint density at radius 2 is 2.03 bits per heavy atom. The molecule has 0 saturated heterocycles. The van der Waals surface area contributed by atoms with Crippen LogP contribution < -0.4 is 10.9 Å². The van der Waals surface area contributed by atoms with Crippen molar-refractivity contribution in [1.29, 1.82) is 0 Å². The van der Waals surface area contributed by atoms with Crippen LogP contribution in [0.25, 0.3) is 27.5 Å². The molecule has 1 aliphatic rings. The van der Waals surface area contributed by atoms with Crippen LogP contribution in [0.15, 0.2) is 63.9 Å². The molecule has 0 bridgehead atoms. The van der Waals surface area contributed by atoms with E-state index in [4.69, 9.17) is 13.9 Å². The maximum absolute atomic E-state index is 13.6. The fourth-order valence-corrected chi connectivity index (χ4v) is 4.57. The van der Waals surface area contributed by atoms with Gasteiger partial charge in [0.25, 0.3) is 5.56 Å². The molecule has 0 fully saturated rings. The Bertz CT molecular complexity index is 1520. The van der Waals surface area contributed by atoms with E-state index in [1.54, 1.807) is 6.20 Å². The Morgan fingerprint density at radius 3 is 2.84 bits per heavy atom. The van der Waals surface area contributed by atoms with Crippen LogP contribution in [0.1, 0.15) is 50.4 Å². The highest BCUT2D eigenvalue weighted by Crippen LogP contribution is 2.31. The maximum Gasteiger partial charge on any atom is 0.326 e. The normalized spacial score (nSPS) is 14.5. The molecule has 1 N–H and O–H groups in total. The van der Waals surface area contributed by atoms with Gasteiger partial charge in [0.1, 0.15) is 17.7 Å². The monoisotopic (exact) mass is 501 g/mol. The number of anilines is 1. The molecule has 2 aromatic heterocycles. The minimum Gasteiger partial charge on any atom is -0.464 e. The summed E-state index contributed by atoms with van der Waals surface area (Å²) >= 11 is 0. The molecule has 2 aromatic carbocycles. The third kappa shape index (κ3) is 5.29. The molecule has 0 spiro atoms. The van der Waals surface area contributed by atoms with Gasteiger partial charge < -0.3 is 19.2 Å². The summed E-state index contributed by atoms with van der Waals surface area (Å²) in [6, 6.07) is 13.7. The zero-order valence-electron chi connectivity index (χ0n) is 21.2. The molecule has 192 valence electrons. The number of unbranched alkanes of at least 4 members (excludes halogenated alkanes) is 1. The largest absolute Gasteiger partial charge is 0.464 e. The van der Waals surface area contributed by atoms with Gasteiger partial charge in [0.2, 0.25) is 0 Å². The topological polar surface area (TPSA) is 95.6 Å². The number of esters is 1. The lowest BCUT2D eigenvalue weighted by Gasteiger charge is -2.20. The highest BCUT2D eigenvalue weighted by atomic mass is 16.5. The standard InChI is InChI=1S/C29H31N3O5/c1-3-4-13-36-27(33)18-32-24(20-11-14-35-15-12-20)17-30-28(29(32)34)31-19(2)21-9-10-26-23(16-21)22-7-5-6-8-25(22)37-26/h5-11,16-17,19H,3-4,12-15,18H2,1-2H3,(H,30,31)/t19-/m1/s1. The molecule has 0 aliphatic carbocycles. The second kappa shape index (κ2) is 11.0. The van der Waals surface area contributed by atoms with Gasteiger partial charge in [0, 0.05) is 10.8 Å². The Labute approximate surface area is 214 Å². The van der Waals surface area contributed by atoms with Gasteiger partial charge >= 0.3 is 5.97 Å². The third-order valence-electron chi connectivity index (χ3n) is 6.65. The fraction of sp³-hybridized carbons (Fsp3) is 0.345. The van der Waals surface area contributed by atoms with Gasteiger partial charge in [-0.3, -0.25) is 14.2 Å². The predicted octanol–water partition coefficient (Wildman–Crippen LogP) is 5.46. The van der Waals surface area contributed by atoms with Gasteiger partial charge in [-0.2, -0.15) is 0 Å². The molecule has 0 saturated carbocycles. The summed E-state index contributed by atoms with van der Waals surface area (Å²) in [5, 5.41) is 5.32. The lowest BCUT2D eigenvalue weighted by atomic mass is 10.0. The summed E-state index contributed by atoms with van der Waals surface area (Å²) in [4.78, 5) is 30.6. The molecule has 0 radical (unpaired) electrons. The van der Waals surface area contributed by atoms with Crippen LogP contribution in [0.5, 0.6) is 0 Å². The molecule has 5 rings (SSSR count). The van der Waals surface area contributed by atoms with E-state index in [2.05, 4.69) is 16.4 Å². The van der Waals surface area contributed by atoms with Gasteiger partial charge in [-0.1, -0.05) is 43.7 Å². The minimum absolute atomic E-state index is 0.172. The van der Waals surface area contributed by atoms with Gasteiger partial charge in [-0.15, -0.1) is 0 Å². The second-order valence-electron chi connectivity index (χ2n) is 9.23. The Balaban J connectivity index is 1.44. The van der Waals surface area contributed by atoms with Gasteiger partial charge in [-0.25, -0.2) is 4.98 Å². The summed E-state index contributed by atoms with van der Waals surface area (Å²) < 4.78 is 18.2. The number of hydrogen-bond donors (Lipinski definition) is 1. The average Bonchev–Trinajstić information content (AvgIpc) is 3.29. The lowest BCUT2D eigenvalue weighted by Crippen LogP contribution is -2.32. The van der Waals surface area contributed by atoms with Crippen LogP contribution >= 0.6 is 0 Å². The minimum atomic E-state index is -0.438. The Hall–Kier alpha value is -3.91. The summed E-state index contributed by atoms with van der Waals surface area (Å²) in [5.41, 5.74) is 3.83. The number of aromatic nitrogens is 2. The van der Waals surface area contributed by atoms with Crippen LogP contribution in [-0.2, 0) is 20.8 Å². The van der Waals surface area contributed by atoms with Gasteiger partial charge in [0.15, 0.2) is 5.82 Å². The maximum atomic E-state index is 13.6. The van der Waals surface area contributed by atoms with E-state index in [1.165, 1.54) is 4.57 Å². The number of nitrogens with one attached hydrogen (secondary N) is 1. The van der Waals surface area contributed by atoms with Crippen molar-refractivity contribution >= 4 is 39.3 Å². The molecular weight excluding hydrogens is 470 g/mol. The zero-order valence-corrected chi connectivity index (χ0v) is 21.2. The highest BCUT2D eigenvalue weighted by molar-refractivity contribution is 6.05. The average molecular weight is 502 g/mol. The van der Waals surface area contributed by atoms with Crippen LogP contribution in [0.2, 0.25) is 0 Å². The van der Waals surface area contributed by atoms with Crippen molar-refractivity contribution in [3.63, 3.8) is 0 Å². The second-order valence-corrected chi connectivity index (χ2v) is 9.23. The quantitative estimate of drug-likeness (QED) is 0.240. The summed E-state index contributed by atoms with van der Waals surface area (Å²) in [6.07, 6.45) is 5.94. The van der Waals surface area contributed by atoms with Crippen LogP contribution in [0.4, 0.5) is 5.82 Å². The smallest absolute Gasteiger partial charge is 0.326 e. The van der Waals surface area contributed by atoms with E-state index >= 15 is 0 Å². The third-order valence-corrected chi connectivity index (χ3v) is 6.65. The molecule has 37 heavy (non-hydrogen) atoms. The SMILES string of the molecule is CCCCOC(=O)Cn1c(C2=CCOCC2)cnc(N[C@H](C)c2ccc3oc4ccccc4c3c2)c1=O. The number of para-hydroxylation sites is 1. The van der Waals surface area contributed by atoms with Crippen LogP contribution in [0.3, 0.4) is 0 Å². The number of carbonyl (C=O) groups is 1. The molecule has 3 heterocycles. The first-order valence-electron chi connectivity index (χ1n) is 12.8. The summed E-state index contributed by atoms with van der Waals surface area (Å²) in [6.45, 7) is 5.20. The van der Waals surface area contributed by atoms with Crippen molar-refractivity contribution < 1.29 is 18.7 Å². The van der Waals surface area contributed by atoms with Crippen molar-refractivity contribution in [2.75, 3.05) is 25.1 Å². The van der Waals surface area contributed by atoms with Crippen LogP contribution in [0, 0.1) is 0 Å². The van der Waals surface area contributed by atoms with E-state index in [-0.39, 0.29) is 24.0 Å². The van der Waals surface area contributed by atoms with E-state index in [0.29, 0.717) is 31.9 Å². The van der Waals surface area contributed by atoms with E-state index < -0.39 is 5.97 Å². The fourth-order valence-electron chi connectivity index (χ4n) is 4.57. The van der Waals surface area contributed by atoms with Crippen molar-refractivity contribution in [1.82, 2.24) is 9.55 Å². The molecular formula is C29H31N3O5. The molecule has 8 heteroatoms. The Kier molecular flexibility index (Phi) is 7.37. The number of carbonyl (C=O) groups excluding carboxylic acids is 1. The Morgan fingerprint density at radius 1 is 1.19 bits per heavy atom. The van der Waals surface area contributed by atoms with Crippen molar-refractivity contribution in [3.05, 3.63) is 76.3 Å². The van der Waals surface area contributed by atoms with Gasteiger partial charge in [0.05, 0.1) is 37.8 Å². The number of hydrogen-bond acceptors (Lipinski definition) is 7. The number of fused-ring (bicyclic) bond motifs is 3. The highest BCUT2D eigenvalue weighted by Gasteiger charge is 2.20. The molecule has 0 unspecified atom stereocenters. The van der Waals surface area contributed by atoms with Crippen molar-refractivity contribution in [3.8, 4) is 0 Å². The lowest BCUT2D eigenvalue weighted by molar-refractivity contribution is -0.144. The first kappa shape index (κ1) is 24.8. The van der Waals surface area contributed by atoms with Crippen molar-refractivity contribution in [2.45, 2.75) is 45.7 Å². The number of furan rings is 1. The first-order valence-corrected chi connectivity index (χ1v) is 12.8. The molecule has 4 aromatic rings. The number of benzene rings is 2. The van der Waals surface area contributed by atoms with E-state index in [0.717, 1.165) is 45.9 Å². The zero-order chi connectivity index (χ0) is 25.8. The molecule has 8 nitrogen and oxygen atoms in total. The number of ether oxygens (including phenoxy) is 2.